The molecule has 3 aromatic rings. The van der Waals surface area contributed by atoms with E-state index < -0.39 is 6.04 Å². The van der Waals surface area contributed by atoms with Crippen molar-refractivity contribution < 1.29 is 9.53 Å². The van der Waals surface area contributed by atoms with Crippen molar-refractivity contribution in [2.45, 2.75) is 19.0 Å². The summed E-state index contributed by atoms with van der Waals surface area (Å²) in [6.45, 7) is 2.01. The van der Waals surface area contributed by atoms with Gasteiger partial charge in [-0.1, -0.05) is 60.1 Å². The van der Waals surface area contributed by atoms with Crippen LogP contribution < -0.4 is 15.4 Å². The summed E-state index contributed by atoms with van der Waals surface area (Å²) in [5, 5.41) is 7.07. The van der Waals surface area contributed by atoms with E-state index in [0.717, 1.165) is 11.1 Å². The van der Waals surface area contributed by atoms with E-state index in [4.69, 9.17) is 16.3 Å². The van der Waals surface area contributed by atoms with Crippen molar-refractivity contribution in [1.29, 1.82) is 0 Å². The largest absolute Gasteiger partial charge is 0.497 e. The maximum Gasteiger partial charge on any atom is 0.246 e. The molecule has 0 radical (unpaired) electrons. The van der Waals surface area contributed by atoms with Crippen molar-refractivity contribution in [3.05, 3.63) is 95.0 Å². The fourth-order valence-corrected chi connectivity index (χ4v) is 3.20. The lowest BCUT2D eigenvalue weighted by atomic mass is 10.0. The van der Waals surface area contributed by atoms with Crippen molar-refractivity contribution in [2.24, 2.45) is 0 Å². The first kappa shape index (κ1) is 19.9. The van der Waals surface area contributed by atoms with Crippen LogP contribution in [0.15, 0.2) is 78.9 Å². The molecule has 0 unspecified atom stereocenters. The molecule has 3 aromatic carbocycles. The van der Waals surface area contributed by atoms with Crippen LogP contribution in [0.4, 0.5) is 5.69 Å². The van der Waals surface area contributed by atoms with Gasteiger partial charge in [0.2, 0.25) is 5.91 Å². The second kappa shape index (κ2) is 9.40. The van der Waals surface area contributed by atoms with E-state index in [1.807, 2.05) is 79.7 Å². The van der Waals surface area contributed by atoms with Crippen LogP contribution >= 0.6 is 11.6 Å². The van der Waals surface area contributed by atoms with Crippen LogP contribution in [-0.4, -0.2) is 13.0 Å². The van der Waals surface area contributed by atoms with Gasteiger partial charge in [-0.3, -0.25) is 10.1 Å². The minimum atomic E-state index is -0.526. The first-order valence-corrected chi connectivity index (χ1v) is 9.46. The molecular formula is C23H23ClN2O2. The number of methoxy groups -OCH3 is 1. The molecule has 3 rings (SSSR count). The molecule has 0 aliphatic carbocycles. The van der Waals surface area contributed by atoms with Crippen molar-refractivity contribution in [1.82, 2.24) is 5.32 Å². The normalized spacial score (nSPS) is 12.8. The molecule has 28 heavy (non-hydrogen) atoms. The lowest BCUT2D eigenvalue weighted by Crippen LogP contribution is -2.34. The van der Waals surface area contributed by atoms with Crippen LogP contribution in [0.2, 0.25) is 5.02 Å². The van der Waals surface area contributed by atoms with Crippen LogP contribution in [0.5, 0.6) is 5.75 Å². The summed E-state index contributed by atoms with van der Waals surface area (Å²) in [5.74, 6) is 0.544. The quantitative estimate of drug-likeness (QED) is 0.565. The van der Waals surface area contributed by atoms with Gasteiger partial charge >= 0.3 is 0 Å². The number of hydrogen-bond acceptors (Lipinski definition) is 3. The number of carbonyl (C=O) groups excluding carboxylic acids is 1. The standard InChI is InChI=1S/C23H23ClN2O2/c1-16(18-10-6-11-19(24)14-18)25-22(17-8-4-3-5-9-17)23(27)26-20-12-7-13-21(15-20)28-2/h3-16,22,25H,1-2H3,(H,26,27)/t16-,22+/m1/s1. The number of ether oxygens (including phenoxy) is 1. The van der Waals surface area contributed by atoms with Crippen molar-refractivity contribution in [3.63, 3.8) is 0 Å². The lowest BCUT2D eigenvalue weighted by Gasteiger charge is -2.24. The SMILES string of the molecule is COc1cccc(NC(=O)[C@@H](N[C@H](C)c2cccc(Cl)c2)c2ccccc2)c1. The van der Waals surface area contributed by atoms with E-state index in [9.17, 15) is 4.79 Å². The van der Waals surface area contributed by atoms with Crippen molar-refractivity contribution >= 4 is 23.2 Å². The smallest absolute Gasteiger partial charge is 0.246 e. The highest BCUT2D eigenvalue weighted by molar-refractivity contribution is 6.30. The fourth-order valence-electron chi connectivity index (χ4n) is 3.01. The fraction of sp³-hybridized carbons (Fsp3) is 0.174. The molecule has 1 amide bonds. The molecule has 2 N–H and O–H groups in total. The summed E-state index contributed by atoms with van der Waals surface area (Å²) in [5.41, 5.74) is 2.59. The predicted octanol–water partition coefficient (Wildman–Crippen LogP) is 5.38. The number of carbonyl (C=O) groups is 1. The van der Waals surface area contributed by atoms with Crippen molar-refractivity contribution in [2.75, 3.05) is 12.4 Å². The van der Waals surface area contributed by atoms with Crippen LogP contribution in [-0.2, 0) is 4.79 Å². The topological polar surface area (TPSA) is 50.4 Å². The molecule has 0 aromatic heterocycles. The third kappa shape index (κ3) is 5.12. The summed E-state index contributed by atoms with van der Waals surface area (Å²) in [7, 11) is 1.60. The molecule has 0 spiro atoms. The lowest BCUT2D eigenvalue weighted by molar-refractivity contribution is -0.118. The zero-order valence-electron chi connectivity index (χ0n) is 15.9. The summed E-state index contributed by atoms with van der Waals surface area (Å²) in [4.78, 5) is 13.1. The predicted molar refractivity (Wildman–Crippen MR) is 114 cm³/mol. The monoisotopic (exact) mass is 394 g/mol. The Morgan fingerprint density at radius 1 is 0.929 bits per heavy atom. The van der Waals surface area contributed by atoms with Gasteiger partial charge in [0.05, 0.1) is 7.11 Å². The van der Waals surface area contributed by atoms with Gasteiger partial charge in [-0.05, 0) is 42.3 Å². The summed E-state index contributed by atoms with van der Waals surface area (Å²) < 4.78 is 5.24. The first-order valence-electron chi connectivity index (χ1n) is 9.08. The third-order valence-electron chi connectivity index (χ3n) is 4.50. The minimum absolute atomic E-state index is 0.0695. The van der Waals surface area contributed by atoms with Gasteiger partial charge < -0.3 is 10.1 Å². The van der Waals surface area contributed by atoms with Gasteiger partial charge in [0, 0.05) is 22.8 Å². The number of nitrogens with one attached hydrogen (secondary N) is 2. The Morgan fingerprint density at radius 3 is 2.36 bits per heavy atom. The van der Waals surface area contributed by atoms with Crippen LogP contribution in [0.1, 0.15) is 30.1 Å². The van der Waals surface area contributed by atoms with Crippen molar-refractivity contribution in [3.8, 4) is 5.75 Å². The van der Waals surface area contributed by atoms with E-state index in [2.05, 4.69) is 10.6 Å². The molecule has 0 bridgehead atoms. The number of benzene rings is 3. The highest BCUT2D eigenvalue weighted by Crippen LogP contribution is 2.24. The van der Waals surface area contributed by atoms with Crippen LogP contribution in [0, 0.1) is 0 Å². The maximum atomic E-state index is 13.1. The van der Waals surface area contributed by atoms with Gasteiger partial charge in [0.25, 0.3) is 0 Å². The summed E-state index contributed by atoms with van der Waals surface area (Å²) in [6, 6.07) is 24.0. The maximum absolute atomic E-state index is 13.1. The summed E-state index contributed by atoms with van der Waals surface area (Å²) >= 11 is 6.12. The molecule has 0 heterocycles. The number of rotatable bonds is 7. The van der Waals surface area contributed by atoms with E-state index in [-0.39, 0.29) is 11.9 Å². The van der Waals surface area contributed by atoms with E-state index in [0.29, 0.717) is 16.5 Å². The Balaban J connectivity index is 1.83. The average Bonchev–Trinajstić information content (AvgIpc) is 2.72. The van der Waals surface area contributed by atoms with Gasteiger partial charge in [0.1, 0.15) is 11.8 Å². The molecule has 144 valence electrons. The number of hydrogen-bond donors (Lipinski definition) is 2. The Labute approximate surface area is 170 Å². The highest BCUT2D eigenvalue weighted by atomic mass is 35.5. The molecule has 0 saturated carbocycles. The second-order valence-electron chi connectivity index (χ2n) is 6.51. The van der Waals surface area contributed by atoms with E-state index in [1.165, 1.54) is 0 Å². The van der Waals surface area contributed by atoms with Crippen LogP contribution in [0.25, 0.3) is 0 Å². The molecule has 0 aliphatic rings. The Morgan fingerprint density at radius 2 is 1.64 bits per heavy atom. The zero-order valence-corrected chi connectivity index (χ0v) is 16.6. The summed E-state index contributed by atoms with van der Waals surface area (Å²) in [6.07, 6.45) is 0. The molecule has 0 saturated heterocycles. The number of anilines is 1. The van der Waals surface area contributed by atoms with Gasteiger partial charge in [-0.15, -0.1) is 0 Å². The Kier molecular flexibility index (Phi) is 6.69. The molecular weight excluding hydrogens is 372 g/mol. The first-order chi connectivity index (χ1) is 13.6. The highest BCUT2D eigenvalue weighted by Gasteiger charge is 2.23. The number of amides is 1. The molecule has 2 atom stereocenters. The minimum Gasteiger partial charge on any atom is -0.497 e. The van der Waals surface area contributed by atoms with E-state index in [1.54, 1.807) is 13.2 Å². The third-order valence-corrected chi connectivity index (χ3v) is 4.73. The Bertz CT molecular complexity index is 931. The average molecular weight is 395 g/mol. The Hall–Kier alpha value is -2.82. The van der Waals surface area contributed by atoms with Gasteiger partial charge in [-0.2, -0.15) is 0 Å². The molecule has 0 fully saturated rings. The zero-order chi connectivity index (χ0) is 19.9. The van der Waals surface area contributed by atoms with E-state index >= 15 is 0 Å². The van der Waals surface area contributed by atoms with Crippen LogP contribution in [0.3, 0.4) is 0 Å². The number of halogens is 1. The molecule has 0 aliphatic heterocycles. The van der Waals surface area contributed by atoms with Gasteiger partial charge in [0.15, 0.2) is 0 Å². The second-order valence-corrected chi connectivity index (χ2v) is 6.94. The molecule has 4 nitrogen and oxygen atoms in total. The molecule has 5 heteroatoms. The van der Waals surface area contributed by atoms with Gasteiger partial charge in [-0.25, -0.2) is 0 Å².